The number of hydrogen-bond acceptors (Lipinski definition) is 1. The summed E-state index contributed by atoms with van der Waals surface area (Å²) in [5.74, 6) is 0.757. The van der Waals surface area contributed by atoms with Crippen molar-refractivity contribution in [1.29, 1.82) is 0 Å². The van der Waals surface area contributed by atoms with Gasteiger partial charge in [-0.3, -0.25) is 5.10 Å². The van der Waals surface area contributed by atoms with Crippen LogP contribution in [-0.2, 0) is 0 Å². The van der Waals surface area contributed by atoms with Crippen molar-refractivity contribution in [2.24, 2.45) is 0 Å². The first-order valence-corrected chi connectivity index (χ1v) is 3.86. The molecule has 1 aromatic heterocycles. The molecule has 0 aliphatic heterocycles. The second-order valence-corrected chi connectivity index (χ2v) is 3.27. The monoisotopic (exact) mass is 186 g/mol. The van der Waals surface area contributed by atoms with E-state index in [4.69, 9.17) is 0 Å². The van der Waals surface area contributed by atoms with Crippen molar-refractivity contribution in [2.75, 3.05) is 0 Å². The predicted octanol–water partition coefficient (Wildman–Crippen LogP) is 2.05. The average Bonchev–Trinajstić information content (AvgIpc) is 2.58. The quantitative estimate of drug-likeness (QED) is 0.715. The minimum Gasteiger partial charge on any atom is -0.271 e. The second-order valence-electron chi connectivity index (χ2n) is 2.42. The third-order valence-electron chi connectivity index (χ3n) is 1.56. The van der Waals surface area contributed by atoms with Gasteiger partial charge in [-0.15, -0.1) is 0 Å². The van der Waals surface area contributed by atoms with Gasteiger partial charge in [0.1, 0.15) is 4.60 Å². The summed E-state index contributed by atoms with van der Waals surface area (Å²) in [6, 6.07) is 2.05. The molecular formula is C6H7BrN2. The van der Waals surface area contributed by atoms with Crippen molar-refractivity contribution in [3.8, 4) is 0 Å². The lowest BCUT2D eigenvalue weighted by Gasteiger charge is -1.80. The molecule has 2 nitrogen and oxygen atoms in total. The Balaban J connectivity index is 2.28. The molecule has 1 aromatic rings. The van der Waals surface area contributed by atoms with E-state index in [2.05, 4.69) is 32.2 Å². The Labute approximate surface area is 61.8 Å². The molecule has 0 saturated heterocycles. The van der Waals surface area contributed by atoms with Gasteiger partial charge in [0.2, 0.25) is 0 Å². The lowest BCUT2D eigenvalue weighted by Crippen LogP contribution is -1.75. The van der Waals surface area contributed by atoms with E-state index < -0.39 is 0 Å². The summed E-state index contributed by atoms with van der Waals surface area (Å²) >= 11 is 3.31. The molecule has 1 heterocycles. The zero-order chi connectivity index (χ0) is 6.27. The largest absolute Gasteiger partial charge is 0.271 e. The van der Waals surface area contributed by atoms with Gasteiger partial charge >= 0.3 is 0 Å². The molecule has 0 bridgehead atoms. The molecule has 0 unspecified atom stereocenters. The van der Waals surface area contributed by atoms with E-state index in [9.17, 15) is 0 Å². The first-order chi connectivity index (χ1) is 4.36. The number of nitrogens with zero attached hydrogens (tertiary/aromatic N) is 1. The third-order valence-corrected chi connectivity index (χ3v) is 1.97. The molecule has 1 saturated carbocycles. The Kier molecular flexibility index (Phi) is 1.12. The Bertz CT molecular complexity index is 215. The Morgan fingerprint density at radius 2 is 2.44 bits per heavy atom. The van der Waals surface area contributed by atoms with Crippen LogP contribution in [-0.4, -0.2) is 10.2 Å². The summed E-state index contributed by atoms with van der Waals surface area (Å²) in [6.45, 7) is 0. The Morgan fingerprint density at radius 1 is 1.67 bits per heavy atom. The van der Waals surface area contributed by atoms with Crippen LogP contribution in [0.2, 0.25) is 0 Å². The van der Waals surface area contributed by atoms with Crippen LogP contribution < -0.4 is 0 Å². The molecule has 0 radical (unpaired) electrons. The Hall–Kier alpha value is -0.310. The fraction of sp³-hybridized carbons (Fsp3) is 0.500. The summed E-state index contributed by atoms with van der Waals surface area (Å²) in [5, 5.41) is 6.96. The molecule has 1 aliphatic rings. The molecule has 1 N–H and O–H groups in total. The van der Waals surface area contributed by atoms with Crippen molar-refractivity contribution >= 4 is 15.9 Å². The van der Waals surface area contributed by atoms with E-state index in [0.717, 1.165) is 10.5 Å². The maximum atomic E-state index is 4.11. The van der Waals surface area contributed by atoms with Gasteiger partial charge in [-0.25, -0.2) is 0 Å². The number of H-pyrrole nitrogens is 1. The maximum Gasteiger partial charge on any atom is 0.101 e. The van der Waals surface area contributed by atoms with Gasteiger partial charge < -0.3 is 0 Å². The van der Waals surface area contributed by atoms with E-state index >= 15 is 0 Å². The highest BCUT2D eigenvalue weighted by Crippen LogP contribution is 2.39. The molecule has 0 spiro atoms. The standard InChI is InChI=1S/C6H7BrN2/c7-6-3-5(8-9-6)4-1-2-4/h3-4H,1-2H2,(H,8,9). The fourth-order valence-electron chi connectivity index (χ4n) is 0.901. The van der Waals surface area contributed by atoms with E-state index in [1.165, 1.54) is 18.5 Å². The van der Waals surface area contributed by atoms with Crippen LogP contribution in [0.25, 0.3) is 0 Å². The topological polar surface area (TPSA) is 28.7 Å². The van der Waals surface area contributed by atoms with Crippen LogP contribution >= 0.6 is 15.9 Å². The number of aromatic nitrogens is 2. The highest BCUT2D eigenvalue weighted by atomic mass is 79.9. The lowest BCUT2D eigenvalue weighted by atomic mass is 10.3. The molecule has 9 heavy (non-hydrogen) atoms. The van der Waals surface area contributed by atoms with Gasteiger partial charge in [-0.1, -0.05) is 0 Å². The number of nitrogens with one attached hydrogen (secondary N) is 1. The van der Waals surface area contributed by atoms with Crippen LogP contribution in [0.5, 0.6) is 0 Å². The van der Waals surface area contributed by atoms with Gasteiger partial charge in [-0.2, -0.15) is 5.10 Å². The molecule has 48 valence electrons. The van der Waals surface area contributed by atoms with Crippen molar-refractivity contribution in [3.05, 3.63) is 16.4 Å². The van der Waals surface area contributed by atoms with E-state index in [1.54, 1.807) is 0 Å². The smallest absolute Gasteiger partial charge is 0.101 e. The summed E-state index contributed by atoms with van der Waals surface area (Å²) < 4.78 is 0.990. The highest BCUT2D eigenvalue weighted by molar-refractivity contribution is 9.10. The molecular weight excluding hydrogens is 180 g/mol. The van der Waals surface area contributed by atoms with Gasteiger partial charge in [0.15, 0.2) is 0 Å². The summed E-state index contributed by atoms with van der Waals surface area (Å²) in [5.41, 5.74) is 1.21. The molecule has 1 fully saturated rings. The zero-order valence-corrected chi connectivity index (χ0v) is 6.48. The van der Waals surface area contributed by atoms with Crippen molar-refractivity contribution < 1.29 is 0 Å². The predicted molar refractivity (Wildman–Crippen MR) is 38.3 cm³/mol. The SMILES string of the molecule is Brc1cc(C2CC2)n[nH]1. The molecule has 0 aromatic carbocycles. The minimum absolute atomic E-state index is 0.757. The van der Waals surface area contributed by atoms with Crippen molar-refractivity contribution in [1.82, 2.24) is 10.2 Å². The fourth-order valence-corrected chi connectivity index (χ4v) is 1.22. The molecule has 0 amide bonds. The third kappa shape index (κ3) is 1.01. The Morgan fingerprint density at radius 3 is 2.89 bits per heavy atom. The molecule has 0 atom stereocenters. The average molecular weight is 187 g/mol. The maximum absolute atomic E-state index is 4.11. The second kappa shape index (κ2) is 1.84. The van der Waals surface area contributed by atoms with Crippen LogP contribution in [0.1, 0.15) is 24.5 Å². The number of halogens is 1. The number of hydrogen-bond donors (Lipinski definition) is 1. The van der Waals surface area contributed by atoms with Crippen LogP contribution in [0, 0.1) is 0 Å². The molecule has 1 aliphatic carbocycles. The summed E-state index contributed by atoms with van der Waals surface area (Å²) in [4.78, 5) is 0. The van der Waals surface area contributed by atoms with Crippen LogP contribution in [0.15, 0.2) is 10.7 Å². The zero-order valence-electron chi connectivity index (χ0n) is 4.89. The lowest BCUT2D eigenvalue weighted by molar-refractivity contribution is 0.960. The first kappa shape index (κ1) is 5.47. The summed E-state index contributed by atoms with van der Waals surface area (Å²) in [6.07, 6.45) is 2.63. The highest BCUT2D eigenvalue weighted by Gasteiger charge is 2.25. The van der Waals surface area contributed by atoms with Gasteiger partial charge in [0, 0.05) is 5.92 Å². The van der Waals surface area contributed by atoms with Gasteiger partial charge in [0.25, 0.3) is 0 Å². The molecule has 2 rings (SSSR count). The summed E-state index contributed by atoms with van der Waals surface area (Å²) in [7, 11) is 0. The normalized spacial score (nSPS) is 18.3. The van der Waals surface area contributed by atoms with Gasteiger partial charge in [0.05, 0.1) is 5.69 Å². The molecule has 3 heteroatoms. The van der Waals surface area contributed by atoms with Crippen molar-refractivity contribution in [2.45, 2.75) is 18.8 Å². The number of aromatic amines is 1. The number of rotatable bonds is 1. The minimum atomic E-state index is 0.757. The van der Waals surface area contributed by atoms with E-state index in [-0.39, 0.29) is 0 Å². The van der Waals surface area contributed by atoms with Crippen LogP contribution in [0.3, 0.4) is 0 Å². The van der Waals surface area contributed by atoms with Gasteiger partial charge in [-0.05, 0) is 34.8 Å². The van der Waals surface area contributed by atoms with Crippen LogP contribution in [0.4, 0.5) is 0 Å². The van der Waals surface area contributed by atoms with E-state index in [1.807, 2.05) is 0 Å². The van der Waals surface area contributed by atoms with E-state index in [0.29, 0.717) is 0 Å². The first-order valence-electron chi connectivity index (χ1n) is 3.07. The van der Waals surface area contributed by atoms with Crippen molar-refractivity contribution in [3.63, 3.8) is 0 Å².